The highest BCUT2D eigenvalue weighted by atomic mass is 16.8. The number of rotatable bonds is 47. The molecule has 0 saturated carbocycles. The van der Waals surface area contributed by atoms with Gasteiger partial charge < -0.3 is 135 Å². The second-order valence-corrected chi connectivity index (χ2v) is 27.1. The second kappa shape index (κ2) is 46.4. The van der Waals surface area contributed by atoms with E-state index in [2.05, 4.69) is 24.5 Å². The maximum absolute atomic E-state index is 13.5. The van der Waals surface area contributed by atoms with E-state index in [1.54, 1.807) is 6.08 Å². The Labute approximate surface area is 572 Å². The SMILES string of the molecule is CCCCCCCCCCCCC/C=C/[C@@H](O)[C@H](CO[C@@H]1OC(CO)[C@@H](O[C@@H]2OC(CO)[C@H](O[C@@H]3OC(CO)[C@H](O)[C@H](O[C@@H]4OC(CO)[C@H](O)[C@H](O)C4O[C@H]4OC(C)[C@@H](O)C(O)[C@@H]4O)C3NC(C)=O)[C@H](O)C2O)[C@H](O)C1O)NC(=O)CCCCCCCCCCCCCCCCC. The summed E-state index contributed by atoms with van der Waals surface area (Å²) in [6.07, 6.45) is -9.98. The Balaban J connectivity index is 1.21. The predicted octanol–water partition coefficient (Wildman–Crippen LogP) is 0.636. The second-order valence-electron chi connectivity index (χ2n) is 27.1. The lowest BCUT2D eigenvalue weighted by molar-refractivity contribution is -0.389. The molecule has 5 fully saturated rings. The summed E-state index contributed by atoms with van der Waals surface area (Å²) in [7, 11) is 0. The molecule has 29 heteroatoms. The third kappa shape index (κ3) is 27.0. The zero-order valence-corrected chi connectivity index (χ0v) is 57.7. The van der Waals surface area contributed by atoms with E-state index >= 15 is 0 Å². The van der Waals surface area contributed by atoms with Gasteiger partial charge in [0, 0.05) is 13.3 Å². The van der Waals surface area contributed by atoms with Crippen LogP contribution in [0.3, 0.4) is 0 Å². The van der Waals surface area contributed by atoms with Gasteiger partial charge in [-0.05, 0) is 26.2 Å². The summed E-state index contributed by atoms with van der Waals surface area (Å²) >= 11 is 0. The summed E-state index contributed by atoms with van der Waals surface area (Å²) < 4.78 is 59.0. The van der Waals surface area contributed by atoms with Gasteiger partial charge in [-0.3, -0.25) is 9.59 Å². The minimum atomic E-state index is -2.15. The number of carbonyl (C=O) groups is 2. The average Bonchev–Trinajstić information content (AvgIpc) is 0.775. The van der Waals surface area contributed by atoms with Gasteiger partial charge in [0.1, 0.15) is 116 Å². The molecule has 5 aliphatic heterocycles. The van der Waals surface area contributed by atoms with Crippen LogP contribution in [0.2, 0.25) is 0 Å². The Morgan fingerprint density at radius 2 is 0.814 bits per heavy atom. The predicted molar refractivity (Wildman–Crippen MR) is 348 cm³/mol. The monoisotopic (exact) mass is 1400 g/mol. The Kier molecular flexibility index (Phi) is 40.8. The van der Waals surface area contributed by atoms with E-state index in [4.69, 9.17) is 47.4 Å². The van der Waals surface area contributed by atoms with Crippen LogP contribution in [0.5, 0.6) is 0 Å². The van der Waals surface area contributed by atoms with E-state index in [-0.39, 0.29) is 12.3 Å². The van der Waals surface area contributed by atoms with Gasteiger partial charge in [0.25, 0.3) is 0 Å². The lowest BCUT2D eigenvalue weighted by Crippen LogP contribution is -2.70. The molecule has 0 aromatic heterocycles. The van der Waals surface area contributed by atoms with E-state index in [0.717, 1.165) is 51.9 Å². The lowest BCUT2D eigenvalue weighted by atomic mass is 9.94. The van der Waals surface area contributed by atoms with Crippen molar-refractivity contribution in [3.8, 4) is 0 Å². The molecule has 0 aromatic carbocycles. The van der Waals surface area contributed by atoms with Crippen LogP contribution in [-0.2, 0) is 57.0 Å². The number of hydrogen-bond donors (Lipinski definition) is 17. The normalized spacial score (nSPS) is 36.4. The van der Waals surface area contributed by atoms with E-state index in [1.165, 1.54) is 122 Å². The molecule has 0 radical (unpaired) electrons. The van der Waals surface area contributed by atoms with E-state index in [1.807, 2.05) is 6.08 Å². The highest BCUT2D eigenvalue weighted by molar-refractivity contribution is 5.76. The smallest absolute Gasteiger partial charge is 0.220 e. The Morgan fingerprint density at radius 3 is 1.32 bits per heavy atom. The largest absolute Gasteiger partial charge is 0.394 e. The molecule has 0 aromatic rings. The standard InChI is InChI=1S/C68H124N2O27/c1-5-7-9-11-13-15-17-19-20-22-24-26-28-30-32-34-48(77)70-42(43(76)33-31-29-27-25-23-21-18-16-14-12-10-8-6-2)39-88-65-58(86)55(83)61(46(37-73)92-65)95-67-59(87)56(84)60(47(38-74)93-67)94-64-49(69-41(4)75)62(52(80)45(36-72)90-64)96-68-63(54(82)51(79)44(35-71)91-68)97-66-57(85)53(81)50(78)40(3)89-66/h31,33,40,42-47,49-68,71-74,76,78-87H,5-30,32,34-39H2,1-4H3,(H,69,75)(H,70,77)/b33-31+/t40?,42-,43+,44?,45?,46?,47?,49?,50+,51-,52-,53?,54-,55+,56+,57-,58?,59?,60-,61+,62+,63?,64-,65+,66+,67-,68-/m0/s1. The molecule has 27 atom stereocenters. The van der Waals surface area contributed by atoms with Gasteiger partial charge in [-0.2, -0.15) is 0 Å². The number of ether oxygens (including phenoxy) is 10. The molecule has 0 bridgehead atoms. The van der Waals surface area contributed by atoms with Gasteiger partial charge in [-0.1, -0.05) is 180 Å². The number of aliphatic hydroxyl groups excluding tert-OH is 15. The van der Waals surface area contributed by atoms with Crippen molar-refractivity contribution in [3.63, 3.8) is 0 Å². The molecular formula is C68H124N2O27. The topological polar surface area (TPSA) is 454 Å². The maximum atomic E-state index is 13.5. The first-order valence-electron chi connectivity index (χ1n) is 36.3. The lowest BCUT2D eigenvalue weighted by Gasteiger charge is -2.50. The molecule has 5 rings (SSSR count). The van der Waals surface area contributed by atoms with Crippen LogP contribution in [-0.4, -0.2) is 287 Å². The average molecular weight is 1400 g/mol. The zero-order chi connectivity index (χ0) is 71.0. The molecule has 5 aliphatic rings. The summed E-state index contributed by atoms with van der Waals surface area (Å²) in [5.41, 5.74) is 0. The van der Waals surface area contributed by atoms with Crippen molar-refractivity contribution in [3.05, 3.63) is 12.2 Å². The number of amides is 2. The summed E-state index contributed by atoms with van der Waals surface area (Å²) in [4.78, 5) is 26.4. The first kappa shape index (κ1) is 85.3. The number of carbonyl (C=O) groups excluding carboxylic acids is 2. The minimum Gasteiger partial charge on any atom is -0.394 e. The molecule has 5 heterocycles. The Hall–Kier alpha value is -2.32. The molecule has 29 nitrogen and oxygen atoms in total. The van der Waals surface area contributed by atoms with Gasteiger partial charge in [0.2, 0.25) is 11.8 Å². The Bertz CT molecular complexity index is 2130. The van der Waals surface area contributed by atoms with E-state index < -0.39 is 205 Å². The molecule has 97 heavy (non-hydrogen) atoms. The number of hydrogen-bond acceptors (Lipinski definition) is 27. The van der Waals surface area contributed by atoms with Crippen molar-refractivity contribution in [2.24, 2.45) is 0 Å². The molecular weight excluding hydrogens is 1280 g/mol. The van der Waals surface area contributed by atoms with Crippen molar-refractivity contribution in [1.82, 2.24) is 10.6 Å². The van der Waals surface area contributed by atoms with Gasteiger partial charge in [-0.15, -0.1) is 0 Å². The fraction of sp³-hybridized carbons (Fsp3) is 0.941. The molecule has 0 aliphatic carbocycles. The van der Waals surface area contributed by atoms with Gasteiger partial charge >= 0.3 is 0 Å². The summed E-state index contributed by atoms with van der Waals surface area (Å²) in [5, 5.41) is 171. The van der Waals surface area contributed by atoms with Crippen molar-refractivity contribution >= 4 is 11.8 Å². The zero-order valence-electron chi connectivity index (χ0n) is 57.7. The van der Waals surface area contributed by atoms with Crippen molar-refractivity contribution in [2.45, 2.75) is 373 Å². The van der Waals surface area contributed by atoms with Gasteiger partial charge in [0.15, 0.2) is 31.5 Å². The maximum Gasteiger partial charge on any atom is 0.220 e. The highest BCUT2D eigenvalue weighted by Crippen LogP contribution is 2.37. The van der Waals surface area contributed by atoms with Crippen LogP contribution >= 0.6 is 0 Å². The van der Waals surface area contributed by atoms with Crippen LogP contribution < -0.4 is 10.6 Å². The molecule has 2 amide bonds. The van der Waals surface area contributed by atoms with Crippen LogP contribution in [0.15, 0.2) is 12.2 Å². The third-order valence-electron chi connectivity index (χ3n) is 19.2. The van der Waals surface area contributed by atoms with Crippen molar-refractivity contribution < 1.29 is 134 Å². The summed E-state index contributed by atoms with van der Waals surface area (Å²) in [5.74, 6) is -1.14. The molecule has 0 spiro atoms. The minimum absolute atomic E-state index is 0.201. The van der Waals surface area contributed by atoms with Crippen molar-refractivity contribution in [2.75, 3.05) is 33.0 Å². The first-order chi connectivity index (χ1) is 46.7. The Morgan fingerprint density at radius 1 is 0.423 bits per heavy atom. The number of allylic oxidation sites excluding steroid dienone is 1. The van der Waals surface area contributed by atoms with Gasteiger partial charge in [0.05, 0.1) is 51.3 Å². The quantitative estimate of drug-likeness (QED) is 0.0294. The van der Waals surface area contributed by atoms with E-state index in [0.29, 0.717) is 12.8 Å². The van der Waals surface area contributed by atoms with E-state index in [9.17, 15) is 86.2 Å². The number of unbranched alkanes of at least 4 members (excludes halogenated alkanes) is 25. The molecule has 10 unspecified atom stereocenters. The fourth-order valence-corrected chi connectivity index (χ4v) is 13.1. The van der Waals surface area contributed by atoms with Crippen molar-refractivity contribution in [1.29, 1.82) is 0 Å². The number of aliphatic hydroxyl groups is 15. The summed E-state index contributed by atoms with van der Waals surface area (Å²) in [6.45, 7) is 2.64. The fourth-order valence-electron chi connectivity index (χ4n) is 13.1. The highest BCUT2D eigenvalue weighted by Gasteiger charge is 2.57. The van der Waals surface area contributed by atoms with Crippen LogP contribution in [0.25, 0.3) is 0 Å². The number of nitrogens with one attached hydrogen (secondary N) is 2. The summed E-state index contributed by atoms with van der Waals surface area (Å²) in [6, 6.07) is -2.76. The first-order valence-corrected chi connectivity index (χ1v) is 36.3. The van der Waals surface area contributed by atoms with Crippen LogP contribution in [0.1, 0.15) is 207 Å². The van der Waals surface area contributed by atoms with Gasteiger partial charge in [-0.25, -0.2) is 0 Å². The molecule has 17 N–H and O–H groups in total. The third-order valence-corrected chi connectivity index (χ3v) is 19.2. The molecule has 5 saturated heterocycles. The molecule has 568 valence electrons. The van der Waals surface area contributed by atoms with Crippen LogP contribution in [0, 0.1) is 0 Å². The van der Waals surface area contributed by atoms with Crippen LogP contribution in [0.4, 0.5) is 0 Å².